The molecule has 86 valence electrons. The Balaban J connectivity index is 4.47. The van der Waals surface area contributed by atoms with Gasteiger partial charge < -0.3 is 15.3 Å². The van der Waals surface area contributed by atoms with E-state index in [2.05, 4.69) is 6.58 Å². The normalized spacial score (nSPS) is 15.2. The lowest BCUT2D eigenvalue weighted by molar-refractivity contribution is -0.161. The van der Waals surface area contributed by atoms with Crippen LogP contribution < -0.4 is 5.73 Å². The molecular weight excluding hydrogens is 194 g/mol. The summed E-state index contributed by atoms with van der Waals surface area (Å²) in [5, 5.41) is 0. The summed E-state index contributed by atoms with van der Waals surface area (Å²) in [7, 11) is 0. The number of nitrogens with two attached hydrogens (primary N) is 1. The van der Waals surface area contributed by atoms with Gasteiger partial charge in [0.2, 0.25) is 0 Å². The van der Waals surface area contributed by atoms with E-state index in [1.165, 1.54) is 0 Å². The Labute approximate surface area is 90.5 Å². The molecule has 0 spiro atoms. The maximum atomic E-state index is 11.5. The summed E-state index contributed by atoms with van der Waals surface area (Å²) >= 11 is 0. The highest BCUT2D eigenvalue weighted by molar-refractivity contribution is 5.88. The lowest BCUT2D eigenvalue weighted by Gasteiger charge is -2.23. The van der Waals surface area contributed by atoms with Crippen LogP contribution in [-0.2, 0) is 14.3 Å². The highest BCUT2D eigenvalue weighted by atomic mass is 16.6. The molecule has 0 radical (unpaired) electrons. The van der Waals surface area contributed by atoms with Crippen LogP contribution in [0.4, 0.5) is 0 Å². The number of rotatable bonds is 5. The average Bonchev–Trinajstić information content (AvgIpc) is 2.02. The summed E-state index contributed by atoms with van der Waals surface area (Å²) in [5.74, 6) is -1.49. The second-order valence-electron chi connectivity index (χ2n) is 4.38. The molecule has 0 fully saturated rings. The first-order chi connectivity index (χ1) is 6.81. The van der Waals surface area contributed by atoms with E-state index in [4.69, 9.17) is 10.5 Å². The standard InChI is InChI=1S/C11H19NO3/c1-5-6-9(12)8(7-13)10(14)15-11(2,3)4/h5,7-9H,1,6,12H2,2-4H3. The van der Waals surface area contributed by atoms with Crippen molar-refractivity contribution in [1.29, 1.82) is 0 Å². The molecule has 0 aliphatic carbocycles. The van der Waals surface area contributed by atoms with Crippen molar-refractivity contribution in [3.63, 3.8) is 0 Å². The molecule has 0 aromatic carbocycles. The van der Waals surface area contributed by atoms with Crippen molar-refractivity contribution in [3.8, 4) is 0 Å². The molecule has 0 aromatic heterocycles. The first-order valence-corrected chi connectivity index (χ1v) is 4.86. The fourth-order valence-electron chi connectivity index (χ4n) is 1.04. The van der Waals surface area contributed by atoms with Crippen molar-refractivity contribution in [2.45, 2.75) is 38.8 Å². The molecule has 0 aliphatic heterocycles. The van der Waals surface area contributed by atoms with E-state index in [0.29, 0.717) is 12.7 Å². The molecule has 0 saturated carbocycles. The molecule has 0 bridgehead atoms. The Bertz CT molecular complexity index is 243. The topological polar surface area (TPSA) is 69.4 Å². The van der Waals surface area contributed by atoms with E-state index in [0.717, 1.165) is 0 Å². The van der Waals surface area contributed by atoms with Crippen LogP contribution in [0.5, 0.6) is 0 Å². The fourth-order valence-corrected chi connectivity index (χ4v) is 1.04. The summed E-state index contributed by atoms with van der Waals surface area (Å²) in [5.41, 5.74) is 5.05. The van der Waals surface area contributed by atoms with Crippen molar-refractivity contribution >= 4 is 12.3 Å². The lowest BCUT2D eigenvalue weighted by atomic mass is 9.99. The number of aldehydes is 1. The van der Waals surface area contributed by atoms with Crippen LogP contribution in [-0.4, -0.2) is 23.9 Å². The minimum atomic E-state index is -0.915. The Morgan fingerprint density at radius 2 is 2.07 bits per heavy atom. The zero-order valence-corrected chi connectivity index (χ0v) is 9.53. The first-order valence-electron chi connectivity index (χ1n) is 4.86. The number of ether oxygens (including phenoxy) is 1. The van der Waals surface area contributed by atoms with Crippen molar-refractivity contribution < 1.29 is 14.3 Å². The molecular formula is C11H19NO3. The van der Waals surface area contributed by atoms with Gasteiger partial charge in [0.25, 0.3) is 0 Å². The molecule has 2 atom stereocenters. The van der Waals surface area contributed by atoms with Gasteiger partial charge in [0.15, 0.2) is 0 Å². The lowest BCUT2D eigenvalue weighted by Crippen LogP contribution is -2.40. The molecule has 0 rings (SSSR count). The monoisotopic (exact) mass is 213 g/mol. The van der Waals surface area contributed by atoms with Crippen LogP contribution in [0.25, 0.3) is 0 Å². The van der Waals surface area contributed by atoms with E-state index in [9.17, 15) is 9.59 Å². The van der Waals surface area contributed by atoms with Gasteiger partial charge in [-0.25, -0.2) is 0 Å². The molecule has 0 heterocycles. The second kappa shape index (κ2) is 5.66. The van der Waals surface area contributed by atoms with Gasteiger partial charge in [-0.1, -0.05) is 6.08 Å². The van der Waals surface area contributed by atoms with Gasteiger partial charge in [-0.05, 0) is 27.2 Å². The van der Waals surface area contributed by atoms with Crippen LogP contribution in [0.15, 0.2) is 12.7 Å². The van der Waals surface area contributed by atoms with Gasteiger partial charge in [0.1, 0.15) is 17.8 Å². The maximum absolute atomic E-state index is 11.5. The molecule has 0 aromatic rings. The third kappa shape index (κ3) is 5.32. The van der Waals surface area contributed by atoms with Crippen molar-refractivity contribution in [3.05, 3.63) is 12.7 Å². The molecule has 15 heavy (non-hydrogen) atoms. The van der Waals surface area contributed by atoms with Gasteiger partial charge in [0, 0.05) is 6.04 Å². The van der Waals surface area contributed by atoms with Gasteiger partial charge in [-0.15, -0.1) is 6.58 Å². The van der Waals surface area contributed by atoms with Crippen molar-refractivity contribution in [2.75, 3.05) is 0 Å². The van der Waals surface area contributed by atoms with Crippen LogP contribution in [0.2, 0.25) is 0 Å². The fraction of sp³-hybridized carbons (Fsp3) is 0.636. The minimum Gasteiger partial charge on any atom is -0.459 e. The zero-order valence-electron chi connectivity index (χ0n) is 9.53. The van der Waals surface area contributed by atoms with Gasteiger partial charge in [-0.2, -0.15) is 0 Å². The number of carbonyl (C=O) groups is 2. The molecule has 4 nitrogen and oxygen atoms in total. The molecule has 2 unspecified atom stereocenters. The quantitative estimate of drug-likeness (QED) is 0.321. The summed E-state index contributed by atoms with van der Waals surface area (Å²) in [6.07, 6.45) is 2.51. The summed E-state index contributed by atoms with van der Waals surface area (Å²) in [6, 6.07) is -0.560. The first kappa shape index (κ1) is 13.8. The summed E-state index contributed by atoms with van der Waals surface area (Å²) < 4.78 is 5.07. The average molecular weight is 213 g/mol. The van der Waals surface area contributed by atoms with Crippen molar-refractivity contribution in [1.82, 2.24) is 0 Å². The van der Waals surface area contributed by atoms with Gasteiger partial charge in [0.05, 0.1) is 0 Å². The Morgan fingerprint density at radius 1 is 1.53 bits per heavy atom. The van der Waals surface area contributed by atoms with Crippen LogP contribution in [0, 0.1) is 5.92 Å². The minimum absolute atomic E-state index is 0.405. The number of esters is 1. The number of carbonyl (C=O) groups excluding carboxylic acids is 2. The van der Waals surface area contributed by atoms with Gasteiger partial charge >= 0.3 is 5.97 Å². The smallest absolute Gasteiger partial charge is 0.318 e. The van der Waals surface area contributed by atoms with Crippen LogP contribution in [0.1, 0.15) is 27.2 Å². The van der Waals surface area contributed by atoms with Crippen molar-refractivity contribution in [2.24, 2.45) is 11.7 Å². The van der Waals surface area contributed by atoms with E-state index >= 15 is 0 Å². The van der Waals surface area contributed by atoms with E-state index in [-0.39, 0.29) is 0 Å². The Kier molecular flexibility index (Phi) is 5.22. The Hall–Kier alpha value is -1.16. The molecule has 0 amide bonds. The number of hydrogen-bond donors (Lipinski definition) is 1. The predicted molar refractivity (Wildman–Crippen MR) is 58.2 cm³/mol. The van der Waals surface area contributed by atoms with E-state index < -0.39 is 23.5 Å². The highest BCUT2D eigenvalue weighted by Gasteiger charge is 2.29. The third-order valence-corrected chi connectivity index (χ3v) is 1.73. The van der Waals surface area contributed by atoms with Gasteiger partial charge in [-0.3, -0.25) is 4.79 Å². The molecule has 4 heteroatoms. The zero-order chi connectivity index (χ0) is 12.1. The molecule has 2 N–H and O–H groups in total. The predicted octanol–water partition coefficient (Wildman–Crippen LogP) is 1.05. The van der Waals surface area contributed by atoms with E-state index in [1.54, 1.807) is 26.8 Å². The largest absolute Gasteiger partial charge is 0.459 e. The SMILES string of the molecule is C=CCC(N)C(C=O)C(=O)OC(C)(C)C. The second-order valence-corrected chi connectivity index (χ2v) is 4.38. The maximum Gasteiger partial charge on any atom is 0.318 e. The highest BCUT2D eigenvalue weighted by Crippen LogP contribution is 2.13. The summed E-state index contributed by atoms with van der Waals surface area (Å²) in [6.45, 7) is 8.73. The molecule has 0 saturated heterocycles. The van der Waals surface area contributed by atoms with Crippen LogP contribution in [0.3, 0.4) is 0 Å². The van der Waals surface area contributed by atoms with E-state index in [1.807, 2.05) is 0 Å². The molecule has 0 aliphatic rings. The third-order valence-electron chi connectivity index (χ3n) is 1.73. The van der Waals surface area contributed by atoms with Crippen LogP contribution >= 0.6 is 0 Å². The number of hydrogen-bond acceptors (Lipinski definition) is 4. The summed E-state index contributed by atoms with van der Waals surface area (Å²) in [4.78, 5) is 22.3. The Morgan fingerprint density at radius 3 is 2.40 bits per heavy atom.